The average molecular weight is 399 g/mol. The minimum absolute atomic E-state index is 0.179. The molecule has 0 radical (unpaired) electrons. The van der Waals surface area contributed by atoms with Crippen LogP contribution in [0.5, 0.6) is 11.6 Å². The molecule has 1 aliphatic heterocycles. The van der Waals surface area contributed by atoms with E-state index in [9.17, 15) is 13.6 Å². The summed E-state index contributed by atoms with van der Waals surface area (Å²) >= 11 is 0. The summed E-state index contributed by atoms with van der Waals surface area (Å²) in [5, 5.41) is 0. The normalized spacial score (nSPS) is 13.4. The van der Waals surface area contributed by atoms with Crippen LogP contribution in [0.15, 0.2) is 36.5 Å². The van der Waals surface area contributed by atoms with Crippen LogP contribution in [0, 0.1) is 11.6 Å². The fraction of sp³-hybridized carbons (Fsp3) is 0.238. The minimum atomic E-state index is -0.690. The number of rotatable bonds is 5. The van der Waals surface area contributed by atoms with Crippen molar-refractivity contribution >= 4 is 11.6 Å². The van der Waals surface area contributed by atoms with Crippen molar-refractivity contribution in [3.63, 3.8) is 0 Å². The van der Waals surface area contributed by atoms with E-state index in [1.807, 2.05) is 6.92 Å². The number of aromatic amines is 1. The Hall–Kier alpha value is -3.42. The van der Waals surface area contributed by atoms with Crippen LogP contribution in [0.25, 0.3) is 11.3 Å². The molecule has 0 spiro atoms. The molecule has 0 bridgehead atoms. The van der Waals surface area contributed by atoms with E-state index in [0.29, 0.717) is 48.1 Å². The van der Waals surface area contributed by atoms with E-state index < -0.39 is 11.6 Å². The number of benzene rings is 1. The highest BCUT2D eigenvalue weighted by Gasteiger charge is 2.30. The highest BCUT2D eigenvalue weighted by Crippen LogP contribution is 2.35. The molecule has 8 heteroatoms. The van der Waals surface area contributed by atoms with Crippen LogP contribution in [0.4, 0.5) is 14.5 Å². The van der Waals surface area contributed by atoms with Gasteiger partial charge in [-0.25, -0.2) is 13.8 Å². The first-order chi connectivity index (χ1) is 14.0. The van der Waals surface area contributed by atoms with Gasteiger partial charge in [-0.05, 0) is 25.1 Å². The maximum atomic E-state index is 14.1. The van der Waals surface area contributed by atoms with Gasteiger partial charge in [-0.15, -0.1) is 0 Å². The number of ether oxygens (including phenoxy) is 2. The third-order valence-electron chi connectivity index (χ3n) is 4.82. The molecule has 0 unspecified atom stereocenters. The quantitative estimate of drug-likeness (QED) is 0.705. The SMILES string of the molecule is CCOc1cc(OC)c(N2CCc3[nH]c(-c4c(F)cccc4F)cc3C2=O)cn1. The molecular weight excluding hydrogens is 380 g/mol. The molecule has 6 nitrogen and oxygen atoms in total. The number of H-pyrrole nitrogens is 1. The van der Waals surface area contributed by atoms with Gasteiger partial charge in [0.2, 0.25) is 5.88 Å². The van der Waals surface area contributed by atoms with Crippen LogP contribution in [-0.4, -0.2) is 36.1 Å². The first-order valence-electron chi connectivity index (χ1n) is 9.18. The van der Waals surface area contributed by atoms with Crippen molar-refractivity contribution < 1.29 is 23.0 Å². The smallest absolute Gasteiger partial charge is 0.260 e. The Balaban J connectivity index is 1.70. The molecule has 1 aliphatic rings. The number of fused-ring (bicyclic) bond motifs is 1. The number of carbonyl (C=O) groups excluding carboxylic acids is 1. The Labute approximate surface area is 166 Å². The van der Waals surface area contributed by atoms with Gasteiger partial charge >= 0.3 is 0 Å². The van der Waals surface area contributed by atoms with Crippen molar-refractivity contribution in [2.45, 2.75) is 13.3 Å². The van der Waals surface area contributed by atoms with Crippen molar-refractivity contribution in [1.82, 2.24) is 9.97 Å². The third-order valence-corrected chi connectivity index (χ3v) is 4.82. The van der Waals surface area contributed by atoms with E-state index in [1.165, 1.54) is 37.6 Å². The van der Waals surface area contributed by atoms with Gasteiger partial charge in [-0.1, -0.05) is 6.07 Å². The summed E-state index contributed by atoms with van der Waals surface area (Å²) in [5.41, 5.74) is 1.57. The molecule has 2 aromatic heterocycles. The Bertz CT molecular complexity index is 1060. The van der Waals surface area contributed by atoms with Gasteiger partial charge in [0.15, 0.2) is 0 Å². The van der Waals surface area contributed by atoms with Gasteiger partial charge in [-0.3, -0.25) is 4.79 Å². The zero-order valence-corrected chi connectivity index (χ0v) is 16.0. The van der Waals surface area contributed by atoms with E-state index in [1.54, 1.807) is 11.0 Å². The highest BCUT2D eigenvalue weighted by molar-refractivity contribution is 6.09. The monoisotopic (exact) mass is 399 g/mol. The molecule has 3 aromatic rings. The summed E-state index contributed by atoms with van der Waals surface area (Å²) in [5.74, 6) is -0.821. The summed E-state index contributed by atoms with van der Waals surface area (Å²) in [6.45, 7) is 2.68. The number of methoxy groups -OCH3 is 1. The number of nitrogens with one attached hydrogen (secondary N) is 1. The second kappa shape index (κ2) is 7.54. The van der Waals surface area contributed by atoms with Crippen LogP contribution in [-0.2, 0) is 6.42 Å². The molecule has 3 heterocycles. The molecule has 0 saturated carbocycles. The predicted octanol–water partition coefficient (Wildman–Crippen LogP) is 3.97. The van der Waals surface area contributed by atoms with Crippen molar-refractivity contribution in [2.75, 3.05) is 25.2 Å². The fourth-order valence-corrected chi connectivity index (χ4v) is 3.48. The lowest BCUT2D eigenvalue weighted by Crippen LogP contribution is -2.37. The Morgan fingerprint density at radius 3 is 2.69 bits per heavy atom. The standard InChI is InChI=1S/C21H19F2N3O3/c1-3-29-19-10-18(28-2)17(11-24-19)26-8-7-15-12(21(26)27)9-16(25-15)20-13(22)5-4-6-14(20)23/h4-6,9-11,25H,3,7-8H2,1-2H3. The van der Waals surface area contributed by atoms with E-state index in [0.717, 1.165) is 0 Å². The number of amides is 1. The van der Waals surface area contributed by atoms with Gasteiger partial charge in [0.05, 0.1) is 36.7 Å². The third kappa shape index (κ3) is 3.30. The fourth-order valence-electron chi connectivity index (χ4n) is 3.48. The Morgan fingerprint density at radius 2 is 2.00 bits per heavy atom. The summed E-state index contributed by atoms with van der Waals surface area (Å²) in [4.78, 5) is 21.9. The average Bonchev–Trinajstić information content (AvgIpc) is 3.13. The molecule has 1 N–H and O–H groups in total. The molecule has 0 atom stereocenters. The molecule has 1 aromatic carbocycles. The second-order valence-corrected chi connectivity index (χ2v) is 6.51. The number of halogens is 2. The maximum Gasteiger partial charge on any atom is 0.260 e. The van der Waals surface area contributed by atoms with Crippen molar-refractivity contribution in [3.8, 4) is 22.9 Å². The van der Waals surface area contributed by atoms with Crippen LogP contribution in [0.2, 0.25) is 0 Å². The second-order valence-electron chi connectivity index (χ2n) is 6.51. The molecule has 4 rings (SSSR count). The van der Waals surface area contributed by atoms with Gasteiger partial charge in [-0.2, -0.15) is 0 Å². The maximum absolute atomic E-state index is 14.1. The zero-order chi connectivity index (χ0) is 20.5. The van der Waals surface area contributed by atoms with Gasteiger partial charge in [0.1, 0.15) is 23.1 Å². The summed E-state index contributed by atoms with van der Waals surface area (Å²) in [6.07, 6.45) is 2.02. The largest absolute Gasteiger partial charge is 0.494 e. The van der Waals surface area contributed by atoms with Gasteiger partial charge < -0.3 is 19.4 Å². The van der Waals surface area contributed by atoms with Crippen molar-refractivity contribution in [1.29, 1.82) is 0 Å². The number of carbonyl (C=O) groups is 1. The molecular formula is C21H19F2N3O3. The number of aromatic nitrogens is 2. The number of hydrogen-bond donors (Lipinski definition) is 1. The van der Waals surface area contributed by atoms with Gasteiger partial charge in [0.25, 0.3) is 5.91 Å². The lowest BCUT2D eigenvalue weighted by Gasteiger charge is -2.28. The first kappa shape index (κ1) is 18.9. The van der Waals surface area contributed by atoms with Crippen LogP contribution >= 0.6 is 0 Å². The van der Waals surface area contributed by atoms with E-state index in [4.69, 9.17) is 9.47 Å². The van der Waals surface area contributed by atoms with Crippen LogP contribution < -0.4 is 14.4 Å². The topological polar surface area (TPSA) is 67.5 Å². The molecule has 0 aliphatic carbocycles. The van der Waals surface area contributed by atoms with E-state index >= 15 is 0 Å². The molecule has 0 saturated heterocycles. The number of nitrogens with zero attached hydrogens (tertiary/aromatic N) is 2. The Morgan fingerprint density at radius 1 is 1.24 bits per heavy atom. The first-order valence-corrected chi connectivity index (χ1v) is 9.18. The van der Waals surface area contributed by atoms with Crippen molar-refractivity contribution in [2.24, 2.45) is 0 Å². The van der Waals surface area contributed by atoms with E-state index in [2.05, 4.69) is 9.97 Å². The molecule has 0 fully saturated rings. The predicted molar refractivity (Wildman–Crippen MR) is 103 cm³/mol. The highest BCUT2D eigenvalue weighted by atomic mass is 19.1. The lowest BCUT2D eigenvalue weighted by molar-refractivity contribution is 0.0980. The van der Waals surface area contributed by atoms with Crippen molar-refractivity contribution in [3.05, 3.63) is 59.4 Å². The van der Waals surface area contributed by atoms with E-state index in [-0.39, 0.29) is 17.2 Å². The van der Waals surface area contributed by atoms with Gasteiger partial charge in [0, 0.05) is 24.7 Å². The summed E-state index contributed by atoms with van der Waals surface area (Å²) in [6, 6.07) is 6.78. The molecule has 1 amide bonds. The summed E-state index contributed by atoms with van der Waals surface area (Å²) < 4.78 is 39.1. The lowest BCUT2D eigenvalue weighted by atomic mass is 10.1. The number of pyridine rings is 1. The number of hydrogen-bond acceptors (Lipinski definition) is 4. The number of anilines is 1. The minimum Gasteiger partial charge on any atom is -0.494 e. The van der Waals surface area contributed by atoms with Crippen LogP contribution in [0.1, 0.15) is 23.0 Å². The summed E-state index contributed by atoms with van der Waals surface area (Å²) in [7, 11) is 1.50. The molecule has 150 valence electrons. The van der Waals surface area contributed by atoms with Crippen LogP contribution in [0.3, 0.4) is 0 Å². The molecule has 29 heavy (non-hydrogen) atoms. The zero-order valence-electron chi connectivity index (χ0n) is 16.0. The Kier molecular flexibility index (Phi) is 4.92.